The van der Waals surface area contributed by atoms with Crippen molar-refractivity contribution in [1.82, 2.24) is 0 Å². The van der Waals surface area contributed by atoms with Gasteiger partial charge in [-0.05, 0) is 16.8 Å². The zero-order valence-electron chi connectivity index (χ0n) is 12.4. The van der Waals surface area contributed by atoms with Crippen LogP contribution in [0.3, 0.4) is 0 Å². The number of hydrogen-bond acceptors (Lipinski definition) is 3. The lowest BCUT2D eigenvalue weighted by molar-refractivity contribution is 0.201. The second-order valence-corrected chi connectivity index (χ2v) is 8.18. The van der Waals surface area contributed by atoms with Crippen molar-refractivity contribution in [3.05, 3.63) is 60.7 Å². The molecule has 0 fully saturated rings. The molecule has 21 heavy (non-hydrogen) atoms. The van der Waals surface area contributed by atoms with Crippen molar-refractivity contribution in [3.63, 3.8) is 0 Å². The Morgan fingerprint density at radius 1 is 0.810 bits per heavy atom. The quantitative estimate of drug-likeness (QED) is 0.596. The molecule has 0 bridgehead atoms. The van der Waals surface area contributed by atoms with Gasteiger partial charge in [0.1, 0.15) is 0 Å². The molecule has 2 aromatic carbocycles. The van der Waals surface area contributed by atoms with Crippen molar-refractivity contribution in [2.75, 3.05) is 19.0 Å². The SMILES string of the molecule is CCCO[Si](OCCS)(c1ccccc1)c1ccccc1. The first-order valence-corrected chi connectivity index (χ1v) is 9.78. The zero-order valence-corrected chi connectivity index (χ0v) is 14.3. The molecule has 2 aromatic rings. The van der Waals surface area contributed by atoms with E-state index in [0.717, 1.165) is 16.8 Å². The number of benzene rings is 2. The highest BCUT2D eigenvalue weighted by molar-refractivity contribution is 7.80. The molecule has 0 aliphatic rings. The average molecular weight is 319 g/mol. The summed E-state index contributed by atoms with van der Waals surface area (Å²) < 4.78 is 12.6. The Balaban J connectivity index is 2.48. The van der Waals surface area contributed by atoms with Crippen LogP contribution in [0.25, 0.3) is 0 Å². The van der Waals surface area contributed by atoms with Gasteiger partial charge in [0.05, 0.1) is 0 Å². The molecule has 0 unspecified atom stereocenters. The van der Waals surface area contributed by atoms with Crippen LogP contribution < -0.4 is 10.4 Å². The molecular weight excluding hydrogens is 296 g/mol. The highest BCUT2D eigenvalue weighted by Gasteiger charge is 2.42. The Bertz CT molecular complexity index is 469. The number of rotatable bonds is 8. The molecule has 0 radical (unpaired) electrons. The first-order chi connectivity index (χ1) is 10.3. The minimum absolute atomic E-state index is 0.586. The summed E-state index contributed by atoms with van der Waals surface area (Å²) in [6.07, 6.45) is 0.971. The zero-order chi connectivity index (χ0) is 15.0. The minimum atomic E-state index is -2.64. The van der Waals surface area contributed by atoms with Crippen LogP contribution in [0.15, 0.2) is 60.7 Å². The molecule has 0 aromatic heterocycles. The topological polar surface area (TPSA) is 18.5 Å². The van der Waals surface area contributed by atoms with Gasteiger partial charge in [0.15, 0.2) is 0 Å². The van der Waals surface area contributed by atoms with Crippen LogP contribution in [-0.2, 0) is 8.85 Å². The molecule has 112 valence electrons. The van der Waals surface area contributed by atoms with Crippen molar-refractivity contribution in [1.29, 1.82) is 0 Å². The van der Waals surface area contributed by atoms with E-state index in [2.05, 4.69) is 43.8 Å². The maximum Gasteiger partial charge on any atom is 0.407 e. The molecule has 2 nitrogen and oxygen atoms in total. The molecule has 0 heterocycles. The van der Waals surface area contributed by atoms with Crippen molar-refractivity contribution >= 4 is 31.6 Å². The van der Waals surface area contributed by atoms with Gasteiger partial charge in [-0.1, -0.05) is 67.6 Å². The predicted octanol–water partition coefficient (Wildman–Crippen LogP) is 2.62. The second kappa shape index (κ2) is 8.39. The second-order valence-electron chi connectivity index (χ2n) is 4.77. The van der Waals surface area contributed by atoms with Crippen molar-refractivity contribution in [2.45, 2.75) is 13.3 Å². The lowest BCUT2D eigenvalue weighted by Crippen LogP contribution is -2.63. The fraction of sp³-hybridized carbons (Fsp3) is 0.294. The Labute approximate surface area is 133 Å². The van der Waals surface area contributed by atoms with Crippen molar-refractivity contribution < 1.29 is 8.85 Å². The van der Waals surface area contributed by atoms with Crippen molar-refractivity contribution in [2.24, 2.45) is 0 Å². The molecule has 0 atom stereocenters. The van der Waals surface area contributed by atoms with E-state index in [9.17, 15) is 0 Å². The van der Waals surface area contributed by atoms with Crippen LogP contribution in [0.1, 0.15) is 13.3 Å². The maximum atomic E-state index is 6.34. The van der Waals surface area contributed by atoms with Gasteiger partial charge in [0, 0.05) is 19.0 Å². The third-order valence-corrected chi connectivity index (χ3v) is 6.80. The van der Waals surface area contributed by atoms with Crippen LogP contribution in [0.5, 0.6) is 0 Å². The summed E-state index contributed by atoms with van der Waals surface area (Å²) in [6, 6.07) is 20.6. The van der Waals surface area contributed by atoms with Gasteiger partial charge in [-0.2, -0.15) is 12.6 Å². The highest BCUT2D eigenvalue weighted by Crippen LogP contribution is 2.11. The van der Waals surface area contributed by atoms with Crippen LogP contribution >= 0.6 is 12.6 Å². The number of hydrogen-bond donors (Lipinski definition) is 1. The molecule has 0 spiro atoms. The maximum absolute atomic E-state index is 6.34. The monoisotopic (exact) mass is 318 g/mol. The van der Waals surface area contributed by atoms with Gasteiger partial charge in [-0.25, -0.2) is 0 Å². The summed E-state index contributed by atoms with van der Waals surface area (Å²) in [7, 11) is -2.64. The Kier molecular flexibility index (Phi) is 6.51. The molecule has 0 N–H and O–H groups in total. The van der Waals surface area contributed by atoms with Crippen molar-refractivity contribution in [3.8, 4) is 0 Å². The molecule has 0 aliphatic carbocycles. The van der Waals surface area contributed by atoms with Crippen LogP contribution in [-0.4, -0.2) is 27.5 Å². The molecule has 0 aliphatic heterocycles. The van der Waals surface area contributed by atoms with E-state index in [0.29, 0.717) is 19.0 Å². The molecule has 4 heteroatoms. The first-order valence-electron chi connectivity index (χ1n) is 7.33. The van der Waals surface area contributed by atoms with Crippen LogP contribution in [0, 0.1) is 0 Å². The summed E-state index contributed by atoms with van der Waals surface area (Å²) in [5.74, 6) is 0.684. The molecular formula is C17H22O2SSi. The largest absolute Gasteiger partial charge is 0.407 e. The van der Waals surface area contributed by atoms with E-state index in [4.69, 9.17) is 8.85 Å². The smallest absolute Gasteiger partial charge is 0.388 e. The number of thiol groups is 1. The van der Waals surface area contributed by atoms with E-state index in [-0.39, 0.29) is 0 Å². The van der Waals surface area contributed by atoms with Gasteiger partial charge in [0.2, 0.25) is 0 Å². The Morgan fingerprint density at radius 3 is 1.71 bits per heavy atom. The van der Waals surface area contributed by atoms with Gasteiger partial charge < -0.3 is 8.85 Å². The Hall–Kier alpha value is -1.07. The summed E-state index contributed by atoms with van der Waals surface area (Å²) >= 11 is 4.29. The highest BCUT2D eigenvalue weighted by atomic mass is 32.1. The summed E-state index contributed by atoms with van der Waals surface area (Å²) in [5, 5.41) is 2.29. The van der Waals surface area contributed by atoms with E-state index >= 15 is 0 Å². The third-order valence-electron chi connectivity index (χ3n) is 3.21. The molecule has 2 rings (SSSR count). The summed E-state index contributed by atoms with van der Waals surface area (Å²) in [4.78, 5) is 0. The lowest BCUT2D eigenvalue weighted by Gasteiger charge is -2.31. The van der Waals surface area contributed by atoms with E-state index in [1.807, 2.05) is 36.4 Å². The standard InChI is InChI=1S/C17H22O2SSi/c1-2-13-18-21(19-14-15-20,16-9-5-3-6-10-16)17-11-7-4-8-12-17/h3-12,20H,2,13-15H2,1H3. The Morgan fingerprint density at radius 2 is 1.29 bits per heavy atom. The molecule has 0 saturated carbocycles. The molecule has 0 saturated heterocycles. The van der Waals surface area contributed by atoms with E-state index in [1.54, 1.807) is 0 Å². The van der Waals surface area contributed by atoms with Gasteiger partial charge in [-0.15, -0.1) is 0 Å². The average Bonchev–Trinajstić information content (AvgIpc) is 2.57. The van der Waals surface area contributed by atoms with E-state index in [1.165, 1.54) is 0 Å². The fourth-order valence-corrected chi connectivity index (χ4v) is 5.78. The fourth-order valence-electron chi connectivity index (χ4n) is 2.29. The summed E-state index contributed by atoms with van der Waals surface area (Å²) in [5.41, 5.74) is 0. The van der Waals surface area contributed by atoms with Gasteiger partial charge in [0.25, 0.3) is 0 Å². The normalized spacial score (nSPS) is 11.5. The van der Waals surface area contributed by atoms with E-state index < -0.39 is 8.56 Å². The first kappa shape index (κ1) is 16.3. The predicted molar refractivity (Wildman–Crippen MR) is 94.0 cm³/mol. The third kappa shape index (κ3) is 3.98. The van der Waals surface area contributed by atoms with Crippen LogP contribution in [0.4, 0.5) is 0 Å². The summed E-state index contributed by atoms with van der Waals surface area (Å²) in [6.45, 7) is 3.40. The van der Waals surface area contributed by atoms with Gasteiger partial charge >= 0.3 is 8.56 Å². The minimum Gasteiger partial charge on any atom is -0.388 e. The lowest BCUT2D eigenvalue weighted by atomic mass is 10.4. The van der Waals surface area contributed by atoms with Crippen LogP contribution in [0.2, 0.25) is 0 Å². The molecule has 0 amide bonds. The van der Waals surface area contributed by atoms with Gasteiger partial charge in [-0.3, -0.25) is 0 Å².